The topological polar surface area (TPSA) is 75.9 Å². The molecule has 0 bridgehead atoms. The van der Waals surface area contributed by atoms with E-state index in [1.807, 2.05) is 30.3 Å². The van der Waals surface area contributed by atoms with E-state index in [1.54, 1.807) is 13.2 Å². The minimum absolute atomic E-state index is 0.138. The van der Waals surface area contributed by atoms with E-state index in [-0.39, 0.29) is 5.97 Å². The van der Waals surface area contributed by atoms with Crippen LogP contribution >= 0.6 is 0 Å². The standard InChI is InChI=1S/C15H22N2O2.C3H6NO/c1-13-10-17(9-8-16(13)2)11-15(18)19-12-14-6-4-3-5-7-14;1-3(4)2-5/h3-7,13H,8-12H2,1-2H3;3H,4H2,1H3. The van der Waals surface area contributed by atoms with Crippen molar-refractivity contribution in [2.24, 2.45) is 5.73 Å². The Kier molecular flexibility index (Phi) is 9.22. The van der Waals surface area contributed by atoms with Gasteiger partial charge in [-0.25, -0.2) is 0 Å². The third-order valence-corrected chi connectivity index (χ3v) is 3.83. The number of carbonyl (C=O) groups is 1. The van der Waals surface area contributed by atoms with Crippen molar-refractivity contribution in [1.29, 1.82) is 0 Å². The zero-order chi connectivity index (χ0) is 17.9. The maximum atomic E-state index is 11.8. The van der Waals surface area contributed by atoms with Crippen LogP contribution in [0.5, 0.6) is 0 Å². The van der Waals surface area contributed by atoms with Gasteiger partial charge in [0.05, 0.1) is 12.6 Å². The first kappa shape index (κ1) is 20.3. The second kappa shape index (κ2) is 10.9. The number of piperazine rings is 1. The summed E-state index contributed by atoms with van der Waals surface area (Å²) in [6.45, 7) is 7.38. The van der Waals surface area contributed by atoms with E-state index >= 15 is 0 Å². The van der Waals surface area contributed by atoms with Crippen molar-refractivity contribution >= 4 is 12.3 Å². The molecule has 1 aliphatic rings. The summed E-state index contributed by atoms with van der Waals surface area (Å²) in [7, 11) is 2.12. The maximum absolute atomic E-state index is 11.8. The van der Waals surface area contributed by atoms with E-state index in [9.17, 15) is 9.59 Å². The Bertz CT molecular complexity index is 494. The quantitative estimate of drug-likeness (QED) is 0.803. The van der Waals surface area contributed by atoms with Crippen LogP contribution in [0.2, 0.25) is 0 Å². The Balaban J connectivity index is 0.000000505. The molecule has 0 spiro atoms. The van der Waals surface area contributed by atoms with Crippen molar-refractivity contribution in [3.05, 3.63) is 35.9 Å². The van der Waals surface area contributed by atoms with E-state index in [4.69, 9.17) is 10.5 Å². The molecule has 1 fully saturated rings. The Morgan fingerprint density at radius 1 is 1.38 bits per heavy atom. The number of hydrogen-bond donors (Lipinski definition) is 1. The van der Waals surface area contributed by atoms with Crippen LogP contribution in [0.25, 0.3) is 0 Å². The van der Waals surface area contributed by atoms with Crippen LogP contribution in [0.1, 0.15) is 19.4 Å². The predicted octanol–water partition coefficient (Wildman–Crippen LogP) is 0.809. The monoisotopic (exact) mass is 334 g/mol. The first-order valence-corrected chi connectivity index (χ1v) is 8.17. The van der Waals surface area contributed by atoms with Gasteiger partial charge in [-0.3, -0.25) is 14.5 Å². The molecule has 0 aliphatic carbocycles. The summed E-state index contributed by atoms with van der Waals surface area (Å²) in [5.74, 6) is -0.138. The lowest BCUT2D eigenvalue weighted by molar-refractivity contribution is -0.146. The highest BCUT2D eigenvalue weighted by Gasteiger charge is 2.22. The van der Waals surface area contributed by atoms with Crippen LogP contribution < -0.4 is 5.73 Å². The third kappa shape index (κ3) is 8.19. The number of likely N-dealkylation sites (N-methyl/N-ethyl adjacent to an activating group) is 1. The molecule has 0 saturated carbocycles. The van der Waals surface area contributed by atoms with Crippen molar-refractivity contribution in [1.82, 2.24) is 9.80 Å². The van der Waals surface area contributed by atoms with Crippen molar-refractivity contribution in [3.8, 4) is 0 Å². The SMILES string of the molecule is CC(N)[C]=O.CC1CN(CC(=O)OCc2ccccc2)CCN1C. The summed E-state index contributed by atoms with van der Waals surface area (Å²) >= 11 is 0. The lowest BCUT2D eigenvalue weighted by Crippen LogP contribution is -2.51. The van der Waals surface area contributed by atoms with Gasteiger partial charge in [-0.15, -0.1) is 0 Å². The van der Waals surface area contributed by atoms with Crippen LogP contribution in [0.4, 0.5) is 0 Å². The van der Waals surface area contributed by atoms with Crippen molar-refractivity contribution in [2.75, 3.05) is 33.2 Å². The van der Waals surface area contributed by atoms with Crippen molar-refractivity contribution < 1.29 is 14.3 Å². The van der Waals surface area contributed by atoms with E-state index in [1.165, 1.54) is 0 Å². The molecule has 6 heteroatoms. The fraction of sp³-hybridized carbons (Fsp3) is 0.556. The Labute approximate surface area is 144 Å². The fourth-order valence-electron chi connectivity index (χ4n) is 2.23. The molecule has 133 valence electrons. The highest BCUT2D eigenvalue weighted by molar-refractivity contribution is 5.71. The predicted molar refractivity (Wildman–Crippen MR) is 94.1 cm³/mol. The second-order valence-electron chi connectivity index (χ2n) is 6.12. The number of nitrogens with two attached hydrogens (primary N) is 1. The van der Waals surface area contributed by atoms with Gasteiger partial charge in [0.25, 0.3) is 0 Å². The van der Waals surface area contributed by atoms with Gasteiger partial charge in [0.2, 0.25) is 6.29 Å². The number of esters is 1. The van der Waals surface area contributed by atoms with Gasteiger partial charge in [0.1, 0.15) is 6.61 Å². The zero-order valence-corrected chi connectivity index (χ0v) is 14.8. The molecule has 6 nitrogen and oxygen atoms in total. The molecule has 1 radical (unpaired) electrons. The van der Waals surface area contributed by atoms with E-state index in [0.29, 0.717) is 19.2 Å². The van der Waals surface area contributed by atoms with Crippen LogP contribution in [-0.2, 0) is 20.9 Å². The molecule has 1 aromatic carbocycles. The van der Waals surface area contributed by atoms with Gasteiger partial charge in [0.15, 0.2) is 0 Å². The smallest absolute Gasteiger partial charge is 0.320 e. The highest BCUT2D eigenvalue weighted by Crippen LogP contribution is 2.07. The summed E-state index contributed by atoms with van der Waals surface area (Å²) in [5, 5.41) is 0. The van der Waals surface area contributed by atoms with Gasteiger partial charge in [-0.1, -0.05) is 30.3 Å². The lowest BCUT2D eigenvalue weighted by Gasteiger charge is -2.37. The molecule has 1 aliphatic heterocycles. The Morgan fingerprint density at radius 3 is 2.54 bits per heavy atom. The minimum atomic E-state index is -0.421. The van der Waals surface area contributed by atoms with E-state index in [2.05, 4.69) is 23.8 Å². The van der Waals surface area contributed by atoms with Crippen LogP contribution in [0.3, 0.4) is 0 Å². The normalized spacial score (nSPS) is 19.8. The van der Waals surface area contributed by atoms with Gasteiger partial charge < -0.3 is 15.4 Å². The Hall–Kier alpha value is -1.76. The van der Waals surface area contributed by atoms with Crippen LogP contribution in [-0.4, -0.2) is 67.4 Å². The van der Waals surface area contributed by atoms with Crippen molar-refractivity contribution in [2.45, 2.75) is 32.5 Å². The van der Waals surface area contributed by atoms with Gasteiger partial charge in [0, 0.05) is 25.7 Å². The summed E-state index contributed by atoms with van der Waals surface area (Å²) in [5.41, 5.74) is 5.90. The van der Waals surface area contributed by atoms with E-state index in [0.717, 1.165) is 25.2 Å². The largest absolute Gasteiger partial charge is 0.460 e. The summed E-state index contributed by atoms with van der Waals surface area (Å²) in [6, 6.07) is 9.86. The van der Waals surface area contributed by atoms with Gasteiger partial charge in [-0.2, -0.15) is 0 Å². The van der Waals surface area contributed by atoms with Crippen LogP contribution in [0.15, 0.2) is 30.3 Å². The zero-order valence-electron chi connectivity index (χ0n) is 14.8. The van der Waals surface area contributed by atoms with E-state index < -0.39 is 6.04 Å². The molecule has 1 heterocycles. The number of benzene rings is 1. The number of nitrogens with zero attached hydrogens (tertiary/aromatic N) is 2. The highest BCUT2D eigenvalue weighted by atomic mass is 16.5. The van der Waals surface area contributed by atoms with Gasteiger partial charge >= 0.3 is 5.97 Å². The first-order valence-electron chi connectivity index (χ1n) is 8.17. The minimum Gasteiger partial charge on any atom is -0.460 e. The average molecular weight is 334 g/mol. The first-order chi connectivity index (χ1) is 11.4. The van der Waals surface area contributed by atoms with Gasteiger partial charge in [-0.05, 0) is 26.5 Å². The number of hydrogen-bond acceptors (Lipinski definition) is 6. The average Bonchev–Trinajstić information content (AvgIpc) is 2.58. The molecular formula is C18H28N3O3. The molecule has 2 atom stereocenters. The lowest BCUT2D eigenvalue weighted by atomic mass is 10.2. The third-order valence-electron chi connectivity index (χ3n) is 3.83. The molecule has 24 heavy (non-hydrogen) atoms. The van der Waals surface area contributed by atoms with Crippen LogP contribution in [0, 0.1) is 0 Å². The molecular weight excluding hydrogens is 306 g/mol. The summed E-state index contributed by atoms with van der Waals surface area (Å²) in [4.78, 5) is 25.5. The number of rotatable bonds is 5. The number of carbonyl (C=O) groups excluding carboxylic acids is 2. The second-order valence-corrected chi connectivity index (χ2v) is 6.12. The molecule has 1 aromatic rings. The molecule has 0 amide bonds. The Morgan fingerprint density at radius 2 is 2.00 bits per heavy atom. The maximum Gasteiger partial charge on any atom is 0.320 e. The fourth-order valence-corrected chi connectivity index (χ4v) is 2.23. The van der Waals surface area contributed by atoms with Crippen molar-refractivity contribution in [3.63, 3.8) is 0 Å². The molecule has 1 saturated heterocycles. The number of ether oxygens (including phenoxy) is 1. The summed E-state index contributed by atoms with van der Waals surface area (Å²) < 4.78 is 5.30. The molecule has 2 unspecified atom stereocenters. The molecule has 0 aromatic heterocycles. The molecule has 2 N–H and O–H groups in total. The summed E-state index contributed by atoms with van der Waals surface area (Å²) in [6.07, 6.45) is 1.56. The molecule has 2 rings (SSSR count).